The van der Waals surface area contributed by atoms with Crippen molar-refractivity contribution in [2.45, 2.75) is 13.0 Å². The lowest BCUT2D eigenvalue weighted by Gasteiger charge is -2.06. The summed E-state index contributed by atoms with van der Waals surface area (Å²) in [6, 6.07) is 12.1. The van der Waals surface area contributed by atoms with E-state index in [9.17, 15) is 5.11 Å². The minimum atomic E-state index is -0.266. The molecule has 1 heterocycles. The molecular weight excluding hydrogens is 365 g/mol. The summed E-state index contributed by atoms with van der Waals surface area (Å²) in [7, 11) is 0. The molecule has 0 aliphatic heterocycles. The smallest absolute Gasteiger partial charge is 0.230 e. The van der Waals surface area contributed by atoms with Crippen LogP contribution in [0.15, 0.2) is 58.1 Å². The number of nitrogens with zero attached hydrogens (tertiary/aromatic N) is 3. The largest absolute Gasteiger partial charge is 0.508 e. The van der Waals surface area contributed by atoms with Gasteiger partial charge in [0.2, 0.25) is 5.13 Å². The Kier molecular flexibility index (Phi) is 5.14. The van der Waals surface area contributed by atoms with Gasteiger partial charge in [-0.15, -0.1) is 16.5 Å². The van der Waals surface area contributed by atoms with Gasteiger partial charge in [-0.25, -0.2) is 4.98 Å². The lowest BCUT2D eigenvalue weighted by molar-refractivity contribution is 0.463. The van der Waals surface area contributed by atoms with Crippen LogP contribution in [0.3, 0.4) is 0 Å². The highest BCUT2D eigenvalue weighted by Gasteiger charge is 2.11. The van der Waals surface area contributed by atoms with Gasteiger partial charge < -0.3 is 5.11 Å². The maximum absolute atomic E-state index is 9.84. The zero-order valence-electron chi connectivity index (χ0n) is 12.6. The van der Waals surface area contributed by atoms with Gasteiger partial charge in [0.05, 0.1) is 16.8 Å². The highest BCUT2D eigenvalue weighted by molar-refractivity contribution is 7.13. The summed E-state index contributed by atoms with van der Waals surface area (Å²) in [6.45, 7) is 1.86. The van der Waals surface area contributed by atoms with E-state index in [2.05, 4.69) is 15.2 Å². The molecule has 122 valence electrons. The number of phenolic OH excluding ortho intramolecular Hbond substituents is 1. The SMILES string of the molecule is CC(N=Nc1nc(-c2ccc(Cl)cc2Cl)cs1)c1ccccc1O. The second kappa shape index (κ2) is 7.30. The maximum Gasteiger partial charge on any atom is 0.230 e. The number of halogens is 2. The third-order valence-corrected chi connectivity index (χ3v) is 4.68. The van der Waals surface area contributed by atoms with E-state index in [-0.39, 0.29) is 11.8 Å². The van der Waals surface area contributed by atoms with Crippen LogP contribution >= 0.6 is 34.5 Å². The van der Waals surface area contributed by atoms with Gasteiger partial charge in [0, 0.05) is 21.5 Å². The molecule has 1 aromatic heterocycles. The van der Waals surface area contributed by atoms with Crippen molar-refractivity contribution >= 4 is 39.7 Å². The summed E-state index contributed by atoms with van der Waals surface area (Å²) >= 11 is 13.5. The molecule has 7 heteroatoms. The fourth-order valence-corrected chi connectivity index (χ4v) is 3.32. The topological polar surface area (TPSA) is 57.8 Å². The minimum Gasteiger partial charge on any atom is -0.508 e. The van der Waals surface area contributed by atoms with Crippen LogP contribution in [-0.2, 0) is 0 Å². The molecule has 1 unspecified atom stereocenters. The molecule has 0 fully saturated rings. The summed E-state index contributed by atoms with van der Waals surface area (Å²) in [5.41, 5.74) is 2.25. The highest BCUT2D eigenvalue weighted by atomic mass is 35.5. The number of phenols is 1. The van der Waals surface area contributed by atoms with Crippen molar-refractivity contribution in [2.75, 3.05) is 0 Å². The van der Waals surface area contributed by atoms with Crippen LogP contribution in [0.4, 0.5) is 5.13 Å². The third kappa shape index (κ3) is 3.75. The number of aromatic hydroxyl groups is 1. The molecule has 0 saturated carbocycles. The summed E-state index contributed by atoms with van der Waals surface area (Å²) in [5.74, 6) is 0.205. The summed E-state index contributed by atoms with van der Waals surface area (Å²) in [5, 5.41) is 21.8. The molecule has 0 aliphatic rings. The number of hydrogen-bond acceptors (Lipinski definition) is 5. The first-order chi connectivity index (χ1) is 11.5. The Morgan fingerprint density at radius 1 is 1.17 bits per heavy atom. The standard InChI is InChI=1S/C17H13Cl2N3OS/c1-10(12-4-2-3-5-16(12)23)21-22-17-20-15(9-24-17)13-7-6-11(18)8-14(13)19/h2-10,23H,1H3. The van der Waals surface area contributed by atoms with Crippen LogP contribution in [0.2, 0.25) is 10.0 Å². The Labute approximate surface area is 153 Å². The van der Waals surface area contributed by atoms with Crippen molar-refractivity contribution in [3.8, 4) is 17.0 Å². The van der Waals surface area contributed by atoms with Gasteiger partial charge in [-0.2, -0.15) is 5.11 Å². The van der Waals surface area contributed by atoms with Gasteiger partial charge in [0.25, 0.3) is 0 Å². The third-order valence-electron chi connectivity index (χ3n) is 3.40. The molecule has 0 bridgehead atoms. The van der Waals surface area contributed by atoms with Crippen LogP contribution in [0, 0.1) is 0 Å². The molecule has 0 aliphatic carbocycles. The Morgan fingerprint density at radius 2 is 1.96 bits per heavy atom. The number of azo groups is 1. The molecule has 0 radical (unpaired) electrons. The fraction of sp³-hybridized carbons (Fsp3) is 0.118. The van der Waals surface area contributed by atoms with E-state index in [1.807, 2.05) is 30.5 Å². The normalized spacial score (nSPS) is 12.6. The first kappa shape index (κ1) is 16.9. The summed E-state index contributed by atoms with van der Waals surface area (Å²) < 4.78 is 0. The number of rotatable bonds is 4. The Bertz CT molecular complexity index is 895. The first-order valence-corrected chi connectivity index (χ1v) is 8.78. The Morgan fingerprint density at radius 3 is 2.71 bits per heavy atom. The Hall–Kier alpha value is -1.95. The zero-order valence-corrected chi connectivity index (χ0v) is 15.0. The molecule has 2 aromatic carbocycles. The van der Waals surface area contributed by atoms with Crippen molar-refractivity contribution in [1.29, 1.82) is 0 Å². The lowest BCUT2D eigenvalue weighted by Crippen LogP contribution is -1.88. The van der Waals surface area contributed by atoms with Crippen molar-refractivity contribution in [3.63, 3.8) is 0 Å². The first-order valence-electron chi connectivity index (χ1n) is 7.14. The van der Waals surface area contributed by atoms with Gasteiger partial charge in [-0.3, -0.25) is 0 Å². The Balaban J connectivity index is 1.80. The molecule has 0 saturated heterocycles. The number of hydrogen-bond donors (Lipinski definition) is 1. The van der Waals surface area contributed by atoms with E-state index >= 15 is 0 Å². The number of thiazole rings is 1. The second-order valence-electron chi connectivity index (χ2n) is 5.09. The average molecular weight is 378 g/mol. The molecule has 3 rings (SSSR count). The number of benzene rings is 2. The van der Waals surface area contributed by atoms with Gasteiger partial charge >= 0.3 is 0 Å². The van der Waals surface area contributed by atoms with E-state index < -0.39 is 0 Å². The van der Waals surface area contributed by atoms with Crippen molar-refractivity contribution in [1.82, 2.24) is 4.98 Å². The molecule has 0 amide bonds. The summed E-state index contributed by atoms with van der Waals surface area (Å²) in [4.78, 5) is 4.43. The molecule has 1 N–H and O–H groups in total. The van der Waals surface area contributed by atoms with Crippen LogP contribution in [0.1, 0.15) is 18.5 Å². The van der Waals surface area contributed by atoms with Gasteiger partial charge in [0.1, 0.15) is 5.75 Å². The minimum absolute atomic E-state index is 0.205. The van der Waals surface area contributed by atoms with Crippen LogP contribution in [0.5, 0.6) is 5.75 Å². The van der Waals surface area contributed by atoms with Crippen molar-refractivity contribution in [3.05, 3.63) is 63.5 Å². The summed E-state index contributed by atoms with van der Waals surface area (Å²) in [6.07, 6.45) is 0. The van der Waals surface area contributed by atoms with Gasteiger partial charge in [-0.1, -0.05) is 41.4 Å². The molecule has 0 spiro atoms. The molecule has 4 nitrogen and oxygen atoms in total. The lowest BCUT2D eigenvalue weighted by atomic mass is 10.1. The van der Waals surface area contributed by atoms with E-state index in [1.54, 1.807) is 24.3 Å². The fourth-order valence-electron chi connectivity index (χ4n) is 2.17. The highest BCUT2D eigenvalue weighted by Crippen LogP contribution is 2.34. The van der Waals surface area contributed by atoms with Crippen LogP contribution in [-0.4, -0.2) is 10.1 Å². The van der Waals surface area contributed by atoms with Gasteiger partial charge in [0.15, 0.2) is 0 Å². The molecule has 3 aromatic rings. The number of para-hydroxylation sites is 1. The second-order valence-corrected chi connectivity index (χ2v) is 6.77. The van der Waals surface area contributed by atoms with Crippen LogP contribution < -0.4 is 0 Å². The van der Waals surface area contributed by atoms with E-state index in [1.165, 1.54) is 11.3 Å². The quantitative estimate of drug-likeness (QED) is 0.516. The number of aromatic nitrogens is 1. The van der Waals surface area contributed by atoms with Crippen molar-refractivity contribution in [2.24, 2.45) is 10.2 Å². The maximum atomic E-state index is 9.84. The molecule has 1 atom stereocenters. The predicted molar refractivity (Wildman–Crippen MR) is 98.6 cm³/mol. The molecular formula is C17H13Cl2N3OS. The average Bonchev–Trinajstić information content (AvgIpc) is 3.01. The molecule has 24 heavy (non-hydrogen) atoms. The van der Waals surface area contributed by atoms with Gasteiger partial charge in [-0.05, 0) is 31.2 Å². The van der Waals surface area contributed by atoms with Crippen molar-refractivity contribution < 1.29 is 5.11 Å². The van der Waals surface area contributed by atoms with Crippen LogP contribution in [0.25, 0.3) is 11.3 Å². The predicted octanol–water partition coefficient (Wildman–Crippen LogP) is 6.67. The zero-order chi connectivity index (χ0) is 17.1. The van der Waals surface area contributed by atoms with E-state index in [0.717, 1.165) is 16.8 Å². The van der Waals surface area contributed by atoms with E-state index in [0.29, 0.717) is 15.2 Å². The van der Waals surface area contributed by atoms with E-state index in [4.69, 9.17) is 23.2 Å². The monoisotopic (exact) mass is 377 g/mol.